The van der Waals surface area contributed by atoms with E-state index in [9.17, 15) is 39.6 Å². The first kappa shape index (κ1) is 24.3. The number of Topliss-reactive ketones (excluding diaryl/α,β-unsaturated/α-hetero) is 1. The van der Waals surface area contributed by atoms with Crippen molar-refractivity contribution in [1.29, 1.82) is 0 Å². The number of hydrogen-bond acceptors (Lipinski definition) is 5. The maximum absolute atomic E-state index is 11.9. The number of nitrogens with one attached hydrogen (secondary N) is 1. The zero-order chi connectivity index (χ0) is 20.8. The highest BCUT2D eigenvalue weighted by molar-refractivity contribution is 7.86. The summed E-state index contributed by atoms with van der Waals surface area (Å²) in [6, 6.07) is 9.27. The first-order chi connectivity index (χ1) is 11.6. The second-order valence-corrected chi connectivity index (χ2v) is 6.45. The minimum absolute atomic E-state index is 0.106. The van der Waals surface area contributed by atoms with Gasteiger partial charge >= 0.3 is 21.5 Å². The number of hydrogen-bond donors (Lipinski definition) is 2. The zero-order valence-electron chi connectivity index (χ0n) is 13.5. The van der Waals surface area contributed by atoms with E-state index >= 15 is 0 Å². The molecule has 2 N–H and O–H groups in total. The summed E-state index contributed by atoms with van der Waals surface area (Å²) in [6.45, 7) is 0.344. The van der Waals surface area contributed by atoms with Gasteiger partial charge in [-0.3, -0.25) is 14.4 Å². The molecule has 0 aliphatic carbocycles. The minimum Gasteiger partial charge on any atom is -0.293 e. The molecule has 0 heterocycles. The van der Waals surface area contributed by atoms with E-state index in [2.05, 4.69) is 5.43 Å². The van der Waals surface area contributed by atoms with Crippen LogP contribution >= 0.6 is 0 Å². The van der Waals surface area contributed by atoms with Gasteiger partial charge in [0.25, 0.3) is 6.17 Å². The molecule has 0 spiro atoms. The topological polar surface area (TPSA) is 86.7 Å². The molecule has 0 saturated heterocycles. The second kappa shape index (κ2) is 9.30. The molecule has 0 bridgehead atoms. The lowest BCUT2D eigenvalue weighted by Gasteiger charge is -2.19. The second-order valence-electron chi connectivity index (χ2n) is 4.96. The molecule has 1 unspecified atom stereocenters. The molecule has 1 aromatic carbocycles. The van der Waals surface area contributed by atoms with Crippen LogP contribution in [0.4, 0.5) is 26.3 Å². The van der Waals surface area contributed by atoms with Crippen molar-refractivity contribution in [1.82, 2.24) is 10.4 Å². The summed E-state index contributed by atoms with van der Waals surface area (Å²) in [7, 11) is -2.69. The molecule has 1 rings (SSSR count). The van der Waals surface area contributed by atoms with Crippen molar-refractivity contribution in [2.45, 2.75) is 17.6 Å². The number of ketones is 1. The lowest BCUT2D eigenvalue weighted by atomic mass is 10.1. The van der Waals surface area contributed by atoms with Crippen molar-refractivity contribution in [2.24, 2.45) is 0 Å². The number of rotatable bonds is 6. The predicted molar refractivity (Wildman–Crippen MR) is 79.9 cm³/mol. The molecule has 0 fully saturated rings. The Morgan fingerprint density at radius 3 is 1.92 bits per heavy atom. The number of nitrogens with zero attached hydrogens (tertiary/aromatic N) is 1. The van der Waals surface area contributed by atoms with Gasteiger partial charge in [-0.25, -0.2) is 9.82 Å². The average Bonchev–Trinajstić information content (AvgIpc) is 2.51. The van der Waals surface area contributed by atoms with Crippen LogP contribution in [0.1, 0.15) is 10.4 Å². The van der Waals surface area contributed by atoms with E-state index in [1.165, 1.54) is 0 Å². The third-order valence-corrected chi connectivity index (χ3v) is 3.47. The fourth-order valence-corrected chi connectivity index (χ4v) is 1.67. The molecule has 13 heteroatoms. The van der Waals surface area contributed by atoms with Gasteiger partial charge in [0.2, 0.25) is 0 Å². The molecule has 0 aliphatic rings. The zero-order valence-corrected chi connectivity index (χ0v) is 14.3. The number of carbonyl (C=O) groups excluding carboxylic acids is 1. The molecule has 6 nitrogen and oxygen atoms in total. The van der Waals surface area contributed by atoms with Crippen molar-refractivity contribution in [3.63, 3.8) is 0 Å². The molecule has 26 heavy (non-hydrogen) atoms. The van der Waals surface area contributed by atoms with E-state index in [1.807, 2.05) is 44.4 Å². The Morgan fingerprint density at radius 1 is 1.15 bits per heavy atom. The Bertz CT molecular complexity index is 680. The van der Waals surface area contributed by atoms with Crippen molar-refractivity contribution in [3.8, 4) is 0 Å². The maximum Gasteiger partial charge on any atom is 0.426 e. The molecule has 1 atom stereocenters. The smallest absolute Gasteiger partial charge is 0.293 e. The van der Waals surface area contributed by atoms with Crippen molar-refractivity contribution in [3.05, 3.63) is 35.9 Å². The fourth-order valence-electron chi connectivity index (χ4n) is 1.28. The van der Waals surface area contributed by atoms with Crippen molar-refractivity contribution >= 4 is 15.9 Å². The third-order valence-electron chi connectivity index (χ3n) is 2.58. The standard InChI is InChI=1S/C10H14N2O.C3H2F6O3S/c1-12(2)11-8-10(13)9-6-4-3-5-7-9;4-1(2(5,6)7)3(8,9)13(10,11)12/h3-7,11H,8H2,1-2H3;1H,(H,10,11,12). The fraction of sp³-hybridized carbons (Fsp3) is 0.462. The molecule has 1 aromatic rings. The van der Waals surface area contributed by atoms with Crippen LogP contribution in [0.2, 0.25) is 0 Å². The highest BCUT2D eigenvalue weighted by atomic mass is 32.2. The van der Waals surface area contributed by atoms with E-state index in [0.717, 1.165) is 5.56 Å². The van der Waals surface area contributed by atoms with Crippen LogP contribution in [-0.4, -0.2) is 62.0 Å². The summed E-state index contributed by atoms with van der Waals surface area (Å²) in [5.74, 6) is 0.106. The van der Waals surface area contributed by atoms with Crippen LogP contribution < -0.4 is 5.43 Å². The Labute approximate surface area is 145 Å². The molecule has 0 aliphatic heterocycles. The quantitative estimate of drug-likeness (QED) is 0.324. The van der Waals surface area contributed by atoms with Crippen LogP contribution in [0.5, 0.6) is 0 Å². The highest BCUT2D eigenvalue weighted by Crippen LogP contribution is 2.37. The molecule has 0 aromatic heterocycles. The normalized spacial score (nSPS) is 13.8. The molecule has 0 radical (unpaired) electrons. The van der Waals surface area contributed by atoms with E-state index in [0.29, 0.717) is 6.54 Å². The number of halogens is 6. The van der Waals surface area contributed by atoms with Gasteiger partial charge in [-0.05, 0) is 0 Å². The molecular weight excluding hydrogens is 394 g/mol. The molecule has 150 valence electrons. The minimum atomic E-state index is -6.41. The Balaban J connectivity index is 0.000000481. The predicted octanol–water partition coefficient (Wildman–Crippen LogP) is 2.30. The van der Waals surface area contributed by atoms with E-state index in [-0.39, 0.29) is 5.78 Å². The Kier molecular flexibility index (Phi) is 8.69. The van der Waals surface area contributed by atoms with Gasteiger partial charge in [-0.2, -0.15) is 30.4 Å². The number of carbonyl (C=O) groups is 1. The number of hydrazine groups is 1. The number of benzene rings is 1. The van der Waals surface area contributed by atoms with Crippen LogP contribution in [0, 0.1) is 0 Å². The number of alkyl halides is 6. The Hall–Kier alpha value is -1.70. The van der Waals surface area contributed by atoms with E-state index in [1.54, 1.807) is 5.01 Å². The summed E-state index contributed by atoms with van der Waals surface area (Å²) in [5, 5.41) is -4.12. The molecule has 0 amide bonds. The van der Waals surface area contributed by atoms with Gasteiger partial charge in [0.15, 0.2) is 5.78 Å². The molecule has 0 saturated carbocycles. The summed E-state index contributed by atoms with van der Waals surface area (Å²) in [4.78, 5) is 11.5. The van der Waals surface area contributed by atoms with Crippen molar-refractivity contribution in [2.75, 3.05) is 20.6 Å². The van der Waals surface area contributed by atoms with Crippen LogP contribution in [0.3, 0.4) is 0 Å². The monoisotopic (exact) mass is 410 g/mol. The van der Waals surface area contributed by atoms with E-state index in [4.69, 9.17) is 4.55 Å². The maximum atomic E-state index is 11.9. The summed E-state index contributed by atoms with van der Waals surface area (Å²) in [6.07, 6.45) is -11.0. The summed E-state index contributed by atoms with van der Waals surface area (Å²) < 4.78 is 96.1. The van der Waals surface area contributed by atoms with Crippen LogP contribution in [0.25, 0.3) is 0 Å². The SMILES string of the molecule is CN(C)NCC(=O)c1ccccc1.O=S(=O)(O)C(F)(F)C(F)C(F)(F)F. The van der Waals surface area contributed by atoms with Gasteiger partial charge < -0.3 is 0 Å². The van der Waals surface area contributed by atoms with Gasteiger partial charge in [0.1, 0.15) is 0 Å². The molecular formula is C13H16F6N2O4S. The first-order valence-electron chi connectivity index (χ1n) is 6.65. The summed E-state index contributed by atoms with van der Waals surface area (Å²) in [5.41, 5.74) is 3.67. The van der Waals surface area contributed by atoms with Gasteiger partial charge in [-0.1, -0.05) is 30.3 Å². The average molecular weight is 410 g/mol. The Morgan fingerprint density at radius 2 is 1.62 bits per heavy atom. The highest BCUT2D eigenvalue weighted by Gasteiger charge is 2.64. The third kappa shape index (κ3) is 7.68. The lowest BCUT2D eigenvalue weighted by molar-refractivity contribution is -0.223. The van der Waals surface area contributed by atoms with E-state index < -0.39 is 27.7 Å². The van der Waals surface area contributed by atoms with Crippen molar-refractivity contribution < 1.29 is 44.1 Å². The van der Waals surface area contributed by atoms with Gasteiger partial charge in [0.05, 0.1) is 6.54 Å². The van der Waals surface area contributed by atoms with Gasteiger partial charge in [-0.15, -0.1) is 0 Å². The van der Waals surface area contributed by atoms with Crippen LogP contribution in [-0.2, 0) is 10.1 Å². The summed E-state index contributed by atoms with van der Waals surface area (Å²) >= 11 is 0. The largest absolute Gasteiger partial charge is 0.426 e. The first-order valence-corrected chi connectivity index (χ1v) is 8.09. The van der Waals surface area contributed by atoms with Gasteiger partial charge in [0, 0.05) is 19.7 Å². The van der Waals surface area contributed by atoms with Crippen LogP contribution in [0.15, 0.2) is 30.3 Å². The lowest BCUT2D eigenvalue weighted by Crippen LogP contribution is -2.46.